The predicted octanol–water partition coefficient (Wildman–Crippen LogP) is 3.93. The van der Waals surface area contributed by atoms with Crippen LogP contribution in [0.2, 0.25) is 0 Å². The summed E-state index contributed by atoms with van der Waals surface area (Å²) < 4.78 is 37.6. The van der Waals surface area contributed by atoms with Crippen molar-refractivity contribution in [2.75, 3.05) is 0 Å². The maximum Gasteiger partial charge on any atom is 0.416 e. The fourth-order valence-corrected chi connectivity index (χ4v) is 2.50. The molecule has 1 aromatic carbocycles. The first-order chi connectivity index (χ1) is 9.49. The molecular weight excluding hydrogens is 285 g/mol. The molecule has 0 aliphatic heterocycles. The summed E-state index contributed by atoms with van der Waals surface area (Å²) >= 11 is 1.37. The van der Waals surface area contributed by atoms with Crippen molar-refractivity contribution in [1.82, 2.24) is 5.32 Å². The van der Waals surface area contributed by atoms with Gasteiger partial charge in [-0.3, -0.25) is 0 Å². The van der Waals surface area contributed by atoms with Gasteiger partial charge in [0.15, 0.2) is 0 Å². The van der Waals surface area contributed by atoms with E-state index in [0.29, 0.717) is 23.5 Å². The standard InChI is InChI=1S/C14H11F3N2S/c15-14(16,17)11-3-1-2-10(6-11)8-19-9-13-5-4-12(7-18)20-13/h1-6,19H,8-9H2. The van der Waals surface area contributed by atoms with Crippen LogP contribution in [0.1, 0.15) is 20.9 Å². The van der Waals surface area contributed by atoms with Crippen LogP contribution in [0.15, 0.2) is 36.4 Å². The third-order valence-corrected chi connectivity index (χ3v) is 3.64. The van der Waals surface area contributed by atoms with Gasteiger partial charge in [-0.25, -0.2) is 0 Å². The fourth-order valence-electron chi connectivity index (χ4n) is 1.72. The summed E-state index contributed by atoms with van der Waals surface area (Å²) in [6.45, 7) is 0.881. The molecule has 0 saturated carbocycles. The minimum Gasteiger partial charge on any atom is -0.308 e. The van der Waals surface area contributed by atoms with Gasteiger partial charge in [0.25, 0.3) is 0 Å². The summed E-state index contributed by atoms with van der Waals surface area (Å²) in [5.41, 5.74) is -0.0587. The first-order valence-corrected chi connectivity index (χ1v) is 6.66. The maximum absolute atomic E-state index is 12.5. The first-order valence-electron chi connectivity index (χ1n) is 5.85. The summed E-state index contributed by atoms with van der Waals surface area (Å²) in [6, 6.07) is 10.9. The molecule has 1 heterocycles. The molecule has 0 spiro atoms. The molecule has 0 amide bonds. The molecule has 2 rings (SSSR count). The van der Waals surface area contributed by atoms with Crippen LogP contribution in [0, 0.1) is 11.3 Å². The Morgan fingerprint density at radius 2 is 1.95 bits per heavy atom. The molecule has 0 atom stereocenters. The molecule has 0 bridgehead atoms. The molecule has 104 valence electrons. The highest BCUT2D eigenvalue weighted by atomic mass is 32.1. The van der Waals surface area contributed by atoms with Crippen LogP contribution in [-0.2, 0) is 19.3 Å². The SMILES string of the molecule is N#Cc1ccc(CNCc2cccc(C(F)(F)F)c2)s1. The highest BCUT2D eigenvalue weighted by Gasteiger charge is 2.30. The lowest BCUT2D eigenvalue weighted by Gasteiger charge is -2.09. The van der Waals surface area contributed by atoms with E-state index in [4.69, 9.17) is 5.26 Å². The minimum atomic E-state index is -4.31. The van der Waals surface area contributed by atoms with Gasteiger partial charge in [0.1, 0.15) is 10.9 Å². The second-order valence-electron chi connectivity index (χ2n) is 4.18. The van der Waals surface area contributed by atoms with Crippen LogP contribution in [0.25, 0.3) is 0 Å². The first kappa shape index (κ1) is 14.6. The van der Waals surface area contributed by atoms with Crippen molar-refractivity contribution in [2.45, 2.75) is 19.3 Å². The number of thiophene rings is 1. The number of rotatable bonds is 4. The summed E-state index contributed by atoms with van der Waals surface area (Å²) in [5, 5.41) is 11.8. The zero-order valence-electron chi connectivity index (χ0n) is 10.4. The number of halogens is 3. The quantitative estimate of drug-likeness (QED) is 0.928. The van der Waals surface area contributed by atoms with Crippen LogP contribution in [-0.4, -0.2) is 0 Å². The van der Waals surface area contributed by atoms with E-state index in [2.05, 4.69) is 5.32 Å². The van der Waals surface area contributed by atoms with Crippen molar-refractivity contribution in [1.29, 1.82) is 5.26 Å². The molecule has 1 N–H and O–H groups in total. The number of alkyl halides is 3. The Balaban J connectivity index is 1.93. The molecule has 0 unspecified atom stereocenters. The average molecular weight is 296 g/mol. The molecule has 1 aromatic heterocycles. The van der Waals surface area contributed by atoms with Crippen LogP contribution >= 0.6 is 11.3 Å². The van der Waals surface area contributed by atoms with E-state index < -0.39 is 11.7 Å². The van der Waals surface area contributed by atoms with E-state index in [0.717, 1.165) is 17.0 Å². The molecule has 6 heteroatoms. The Hall–Kier alpha value is -1.84. The Morgan fingerprint density at radius 3 is 2.60 bits per heavy atom. The molecule has 2 nitrogen and oxygen atoms in total. The van der Waals surface area contributed by atoms with E-state index in [9.17, 15) is 13.2 Å². The van der Waals surface area contributed by atoms with Crippen molar-refractivity contribution in [3.8, 4) is 6.07 Å². The van der Waals surface area contributed by atoms with E-state index in [1.165, 1.54) is 17.4 Å². The largest absolute Gasteiger partial charge is 0.416 e. The van der Waals surface area contributed by atoms with Crippen molar-refractivity contribution < 1.29 is 13.2 Å². The third-order valence-electron chi connectivity index (χ3n) is 2.65. The van der Waals surface area contributed by atoms with Crippen LogP contribution in [0.5, 0.6) is 0 Å². The Bertz CT molecular complexity index is 626. The molecule has 2 aromatic rings. The molecule has 0 aliphatic carbocycles. The van der Waals surface area contributed by atoms with Gasteiger partial charge in [-0.15, -0.1) is 11.3 Å². The lowest BCUT2D eigenvalue weighted by molar-refractivity contribution is -0.137. The number of nitrogens with zero attached hydrogens (tertiary/aromatic N) is 1. The monoisotopic (exact) mass is 296 g/mol. The summed E-state index contributed by atoms with van der Waals surface area (Å²) in [7, 11) is 0. The Morgan fingerprint density at radius 1 is 1.15 bits per heavy atom. The van der Waals surface area contributed by atoms with Crippen molar-refractivity contribution in [3.63, 3.8) is 0 Å². The number of nitriles is 1. The minimum absolute atomic E-state index is 0.351. The average Bonchev–Trinajstić information content (AvgIpc) is 2.86. The van der Waals surface area contributed by atoms with Gasteiger partial charge in [-0.2, -0.15) is 18.4 Å². The van der Waals surface area contributed by atoms with Crippen LogP contribution in [0.3, 0.4) is 0 Å². The van der Waals surface area contributed by atoms with E-state index in [1.54, 1.807) is 12.1 Å². The molecule has 0 fully saturated rings. The van der Waals surface area contributed by atoms with E-state index in [-0.39, 0.29) is 0 Å². The van der Waals surface area contributed by atoms with Crippen molar-refractivity contribution in [3.05, 3.63) is 57.3 Å². The Kier molecular flexibility index (Phi) is 4.42. The van der Waals surface area contributed by atoms with Gasteiger partial charge < -0.3 is 5.32 Å². The fraction of sp³-hybridized carbons (Fsp3) is 0.214. The number of hydrogen-bond donors (Lipinski definition) is 1. The topological polar surface area (TPSA) is 35.8 Å². The van der Waals surface area contributed by atoms with Gasteiger partial charge in [0.2, 0.25) is 0 Å². The van der Waals surface area contributed by atoms with E-state index >= 15 is 0 Å². The van der Waals surface area contributed by atoms with Gasteiger partial charge in [0.05, 0.1) is 5.56 Å². The number of benzene rings is 1. The lowest BCUT2D eigenvalue weighted by Crippen LogP contribution is -2.13. The van der Waals surface area contributed by atoms with Crippen LogP contribution in [0.4, 0.5) is 13.2 Å². The normalized spacial score (nSPS) is 11.3. The van der Waals surface area contributed by atoms with E-state index in [1.807, 2.05) is 12.1 Å². The predicted molar refractivity (Wildman–Crippen MR) is 71.0 cm³/mol. The summed E-state index contributed by atoms with van der Waals surface area (Å²) in [6.07, 6.45) is -4.31. The highest BCUT2D eigenvalue weighted by molar-refractivity contribution is 7.12. The van der Waals surface area contributed by atoms with Gasteiger partial charge in [-0.1, -0.05) is 18.2 Å². The summed E-state index contributed by atoms with van der Waals surface area (Å²) in [5.74, 6) is 0. The third kappa shape index (κ3) is 3.83. The van der Waals surface area contributed by atoms with Crippen molar-refractivity contribution >= 4 is 11.3 Å². The second kappa shape index (κ2) is 6.07. The van der Waals surface area contributed by atoms with Gasteiger partial charge >= 0.3 is 6.18 Å². The summed E-state index contributed by atoms with van der Waals surface area (Å²) in [4.78, 5) is 1.61. The van der Waals surface area contributed by atoms with Gasteiger partial charge in [0, 0.05) is 18.0 Å². The van der Waals surface area contributed by atoms with Crippen LogP contribution < -0.4 is 5.32 Å². The number of nitrogens with one attached hydrogen (secondary N) is 1. The molecular formula is C14H11F3N2S. The number of hydrogen-bond acceptors (Lipinski definition) is 3. The zero-order chi connectivity index (χ0) is 14.6. The molecule has 0 aliphatic rings. The van der Waals surface area contributed by atoms with Gasteiger partial charge in [-0.05, 0) is 23.8 Å². The Labute approximate surface area is 118 Å². The second-order valence-corrected chi connectivity index (χ2v) is 5.35. The molecule has 0 saturated heterocycles. The smallest absolute Gasteiger partial charge is 0.308 e. The molecule has 0 radical (unpaired) electrons. The molecule has 20 heavy (non-hydrogen) atoms. The maximum atomic E-state index is 12.5. The lowest BCUT2D eigenvalue weighted by atomic mass is 10.1. The zero-order valence-corrected chi connectivity index (χ0v) is 11.2. The van der Waals surface area contributed by atoms with Crippen molar-refractivity contribution in [2.24, 2.45) is 0 Å². The highest BCUT2D eigenvalue weighted by Crippen LogP contribution is 2.29.